The summed E-state index contributed by atoms with van der Waals surface area (Å²) in [7, 11) is 0. The third-order valence-electron chi connectivity index (χ3n) is 2.99. The molecule has 0 amide bonds. The van der Waals surface area contributed by atoms with E-state index in [0.29, 0.717) is 0 Å². The maximum Gasteiger partial charge on any atom is 0.106 e. The van der Waals surface area contributed by atoms with E-state index in [1.165, 1.54) is 19.3 Å². The molecule has 0 aromatic heterocycles. The van der Waals surface area contributed by atoms with E-state index in [4.69, 9.17) is 10.1 Å². The number of hydrogen-bond acceptors (Lipinski definition) is 3. The van der Waals surface area contributed by atoms with Gasteiger partial charge in [0.25, 0.3) is 0 Å². The fourth-order valence-corrected chi connectivity index (χ4v) is 1.72. The summed E-state index contributed by atoms with van der Waals surface area (Å²) in [6.07, 6.45) is 7.57. The van der Waals surface area contributed by atoms with Crippen molar-refractivity contribution in [2.24, 2.45) is 0 Å². The minimum absolute atomic E-state index is 0.289. The van der Waals surface area contributed by atoms with Gasteiger partial charge in [-0.15, -0.1) is 0 Å². The zero-order chi connectivity index (χ0) is 10.9. The summed E-state index contributed by atoms with van der Waals surface area (Å²) >= 11 is 0. The van der Waals surface area contributed by atoms with E-state index in [2.05, 4.69) is 25.8 Å². The quantitative estimate of drug-likeness (QED) is 0.351. The molecule has 86 valence electrons. The Morgan fingerprint density at radius 3 is 2.07 bits per heavy atom. The van der Waals surface area contributed by atoms with Gasteiger partial charge >= 0.3 is 0 Å². The second-order valence-electron chi connectivity index (χ2n) is 3.86. The van der Waals surface area contributed by atoms with Crippen molar-refractivity contribution in [3.05, 3.63) is 0 Å². The fraction of sp³-hybridized carbons (Fsp3) is 1.00. The Balaban J connectivity index is 3.82. The van der Waals surface area contributed by atoms with Crippen molar-refractivity contribution in [3.63, 3.8) is 0 Å². The van der Waals surface area contributed by atoms with Gasteiger partial charge in [-0.05, 0) is 19.3 Å². The minimum Gasteiger partial charge on any atom is -0.221 e. The highest BCUT2D eigenvalue weighted by Gasteiger charge is 2.28. The highest BCUT2D eigenvalue weighted by molar-refractivity contribution is 4.75. The third kappa shape index (κ3) is 4.94. The van der Waals surface area contributed by atoms with Gasteiger partial charge in [-0.1, -0.05) is 51.5 Å². The summed E-state index contributed by atoms with van der Waals surface area (Å²) in [5.74, 6) is 0. The smallest absolute Gasteiger partial charge is 0.106 e. The molecule has 0 bridgehead atoms. The summed E-state index contributed by atoms with van der Waals surface area (Å²) in [4.78, 5) is 4.96. The molecule has 0 atom stereocenters. The van der Waals surface area contributed by atoms with Crippen LogP contribution in [-0.2, 0) is 9.93 Å². The lowest BCUT2D eigenvalue weighted by Gasteiger charge is -2.28. The van der Waals surface area contributed by atoms with Crippen LogP contribution in [0.2, 0.25) is 0 Å². The van der Waals surface area contributed by atoms with Gasteiger partial charge < -0.3 is 0 Å². The van der Waals surface area contributed by atoms with Gasteiger partial charge in [0.2, 0.25) is 0 Å². The van der Waals surface area contributed by atoms with Gasteiger partial charge in [0.1, 0.15) is 5.60 Å². The standard InChI is InChI=1S/C11H24O3/c1-4-7-8-9-10-11(5-2,6-3)13-14-12/h12H,4-10H2,1-3H3. The SMILES string of the molecule is CCCCCCC(CC)(CC)OOO. The monoisotopic (exact) mass is 204 g/mol. The Kier molecular flexibility index (Phi) is 8.14. The zero-order valence-electron chi connectivity index (χ0n) is 9.71. The summed E-state index contributed by atoms with van der Waals surface area (Å²) in [6.45, 7) is 6.31. The first-order valence-corrected chi connectivity index (χ1v) is 5.74. The average Bonchev–Trinajstić information content (AvgIpc) is 2.23. The number of unbranched alkanes of at least 4 members (excludes halogenated alkanes) is 3. The highest BCUT2D eigenvalue weighted by Crippen LogP contribution is 2.27. The van der Waals surface area contributed by atoms with Crippen molar-refractivity contribution < 1.29 is 15.2 Å². The Hall–Kier alpha value is -0.120. The average molecular weight is 204 g/mol. The van der Waals surface area contributed by atoms with E-state index in [0.717, 1.165) is 25.7 Å². The van der Waals surface area contributed by atoms with E-state index in [9.17, 15) is 0 Å². The van der Waals surface area contributed by atoms with Crippen molar-refractivity contribution in [1.82, 2.24) is 0 Å². The molecule has 0 unspecified atom stereocenters. The first-order valence-electron chi connectivity index (χ1n) is 5.74. The molecular formula is C11H24O3. The van der Waals surface area contributed by atoms with Crippen molar-refractivity contribution in [2.45, 2.75) is 71.3 Å². The minimum atomic E-state index is -0.289. The van der Waals surface area contributed by atoms with Crippen molar-refractivity contribution in [3.8, 4) is 0 Å². The Bertz CT molecular complexity index is 122. The maximum atomic E-state index is 8.34. The maximum absolute atomic E-state index is 8.34. The molecule has 0 aliphatic heterocycles. The Morgan fingerprint density at radius 1 is 1.00 bits per heavy atom. The number of rotatable bonds is 9. The van der Waals surface area contributed by atoms with Gasteiger partial charge in [0, 0.05) is 0 Å². The van der Waals surface area contributed by atoms with Crippen LogP contribution in [0.25, 0.3) is 0 Å². The molecule has 0 aliphatic carbocycles. The van der Waals surface area contributed by atoms with Gasteiger partial charge in [0.15, 0.2) is 0 Å². The van der Waals surface area contributed by atoms with Gasteiger partial charge in [-0.2, -0.15) is 4.89 Å². The van der Waals surface area contributed by atoms with Crippen LogP contribution >= 0.6 is 0 Å². The summed E-state index contributed by atoms with van der Waals surface area (Å²) in [5.41, 5.74) is -0.289. The summed E-state index contributed by atoms with van der Waals surface area (Å²) in [5, 5.41) is 12.2. The topological polar surface area (TPSA) is 38.7 Å². The molecule has 3 heteroatoms. The molecule has 1 N–H and O–H groups in total. The van der Waals surface area contributed by atoms with Crippen LogP contribution in [0.4, 0.5) is 0 Å². The van der Waals surface area contributed by atoms with Crippen LogP contribution in [-0.4, -0.2) is 10.9 Å². The second-order valence-corrected chi connectivity index (χ2v) is 3.86. The molecule has 0 rings (SSSR count). The van der Waals surface area contributed by atoms with Crippen LogP contribution < -0.4 is 0 Å². The molecule has 0 saturated carbocycles. The summed E-state index contributed by atoms with van der Waals surface area (Å²) in [6, 6.07) is 0. The van der Waals surface area contributed by atoms with Crippen LogP contribution in [0.3, 0.4) is 0 Å². The lowest BCUT2D eigenvalue weighted by molar-refractivity contribution is -0.527. The Labute approximate surface area is 87.3 Å². The molecule has 3 nitrogen and oxygen atoms in total. The fourth-order valence-electron chi connectivity index (χ4n) is 1.72. The molecule has 0 aromatic carbocycles. The molecule has 0 radical (unpaired) electrons. The van der Waals surface area contributed by atoms with E-state index >= 15 is 0 Å². The summed E-state index contributed by atoms with van der Waals surface area (Å²) < 4.78 is 0. The van der Waals surface area contributed by atoms with E-state index in [1.807, 2.05) is 0 Å². The van der Waals surface area contributed by atoms with Crippen LogP contribution in [0.5, 0.6) is 0 Å². The zero-order valence-corrected chi connectivity index (χ0v) is 9.71. The molecular weight excluding hydrogens is 180 g/mol. The third-order valence-corrected chi connectivity index (χ3v) is 2.99. The van der Waals surface area contributed by atoms with Crippen molar-refractivity contribution in [2.75, 3.05) is 0 Å². The van der Waals surface area contributed by atoms with E-state index in [-0.39, 0.29) is 5.60 Å². The first-order chi connectivity index (χ1) is 6.74. The molecule has 0 spiro atoms. The van der Waals surface area contributed by atoms with Crippen LogP contribution in [0.15, 0.2) is 0 Å². The molecule has 0 aliphatic rings. The van der Waals surface area contributed by atoms with Crippen molar-refractivity contribution >= 4 is 0 Å². The predicted molar refractivity (Wildman–Crippen MR) is 56.9 cm³/mol. The van der Waals surface area contributed by atoms with Crippen LogP contribution in [0.1, 0.15) is 65.7 Å². The number of hydrogen-bond donors (Lipinski definition) is 1. The van der Waals surface area contributed by atoms with E-state index < -0.39 is 0 Å². The lowest BCUT2D eigenvalue weighted by atomic mass is 9.90. The molecule has 0 aromatic rings. The van der Waals surface area contributed by atoms with E-state index in [1.54, 1.807) is 0 Å². The first kappa shape index (κ1) is 13.9. The molecule has 0 fully saturated rings. The predicted octanol–water partition coefficient (Wildman–Crippen LogP) is 3.94. The van der Waals surface area contributed by atoms with Gasteiger partial charge in [-0.25, -0.2) is 5.26 Å². The highest BCUT2D eigenvalue weighted by atomic mass is 17.5. The Morgan fingerprint density at radius 2 is 1.64 bits per heavy atom. The second kappa shape index (κ2) is 8.21. The molecule has 0 heterocycles. The largest absolute Gasteiger partial charge is 0.221 e. The normalized spacial score (nSPS) is 12.0. The molecule has 0 saturated heterocycles. The van der Waals surface area contributed by atoms with Crippen LogP contribution in [0, 0.1) is 0 Å². The molecule has 14 heavy (non-hydrogen) atoms. The van der Waals surface area contributed by atoms with Gasteiger partial charge in [0.05, 0.1) is 0 Å². The van der Waals surface area contributed by atoms with Crippen molar-refractivity contribution in [1.29, 1.82) is 0 Å². The van der Waals surface area contributed by atoms with Gasteiger partial charge in [-0.3, -0.25) is 0 Å². The lowest BCUT2D eigenvalue weighted by Crippen LogP contribution is -2.30.